The smallest absolute Gasteiger partial charge is 0.227 e. The maximum atomic E-state index is 7.86. The molecule has 0 N–H and O–H groups in total. The lowest BCUT2D eigenvalue weighted by Gasteiger charge is -2.24. The third-order valence-corrected chi connectivity index (χ3v) is 8.51. The zero-order valence-corrected chi connectivity index (χ0v) is 25.1. The predicted molar refractivity (Wildman–Crippen MR) is 180 cm³/mol. The molecule has 44 heavy (non-hydrogen) atoms. The molecule has 0 saturated carbocycles. The Morgan fingerprint density at radius 1 is 0.727 bits per heavy atom. The van der Waals surface area contributed by atoms with Crippen LogP contribution >= 0.6 is 0 Å². The van der Waals surface area contributed by atoms with Crippen molar-refractivity contribution in [2.75, 3.05) is 0 Å². The molecule has 5 nitrogen and oxygen atoms in total. The number of aryl methyl sites for hydroxylation is 1. The fourth-order valence-corrected chi connectivity index (χ4v) is 6.37. The number of fused-ring (bicyclic) bond motifs is 5. The quantitative estimate of drug-likeness (QED) is 0.204. The second-order valence-electron chi connectivity index (χ2n) is 12.1. The normalized spacial score (nSPS) is 13.5. The number of pyridine rings is 1. The van der Waals surface area contributed by atoms with Gasteiger partial charge in [0.2, 0.25) is 5.71 Å². The van der Waals surface area contributed by atoms with Crippen molar-refractivity contribution in [3.05, 3.63) is 114 Å². The summed E-state index contributed by atoms with van der Waals surface area (Å²) in [6.07, 6.45) is 0. The first-order valence-electron chi connectivity index (χ1n) is 16.6. The maximum Gasteiger partial charge on any atom is 0.227 e. The van der Waals surface area contributed by atoms with Gasteiger partial charge in [0.1, 0.15) is 22.8 Å². The van der Waals surface area contributed by atoms with Gasteiger partial charge in [-0.15, -0.1) is 0 Å². The minimum Gasteiger partial charge on any atom is -0.456 e. The molecule has 0 saturated heterocycles. The lowest BCUT2D eigenvalue weighted by Crippen LogP contribution is -2.09. The second-order valence-corrected chi connectivity index (χ2v) is 12.1. The van der Waals surface area contributed by atoms with Crippen molar-refractivity contribution in [3.63, 3.8) is 0 Å². The molecule has 5 heteroatoms. The van der Waals surface area contributed by atoms with Crippen LogP contribution in [0.25, 0.3) is 72.5 Å². The second kappa shape index (κ2) is 9.95. The largest absolute Gasteiger partial charge is 0.456 e. The van der Waals surface area contributed by atoms with Gasteiger partial charge in [0.15, 0.2) is 0 Å². The van der Waals surface area contributed by atoms with Crippen molar-refractivity contribution < 1.29 is 12.9 Å². The van der Waals surface area contributed by atoms with E-state index in [2.05, 4.69) is 67.6 Å². The minimum atomic E-state index is -2.33. The highest BCUT2D eigenvalue weighted by Gasteiger charge is 2.26. The average molecular weight is 579 g/mol. The van der Waals surface area contributed by atoms with E-state index in [4.69, 9.17) is 17.9 Å². The number of benzene rings is 4. The number of rotatable bonds is 5. The van der Waals surface area contributed by atoms with Gasteiger partial charge in [0.05, 0.1) is 22.3 Å². The summed E-state index contributed by atoms with van der Waals surface area (Å²) in [5.41, 5.74) is 8.93. The van der Waals surface area contributed by atoms with Crippen LogP contribution in [-0.2, 0) is 0 Å². The van der Waals surface area contributed by atoms with Crippen LogP contribution in [0.1, 0.15) is 60.5 Å². The molecule has 8 rings (SSSR count). The molecule has 8 aromatic rings. The van der Waals surface area contributed by atoms with Crippen molar-refractivity contribution in [1.82, 2.24) is 14.5 Å². The van der Waals surface area contributed by atoms with E-state index in [1.54, 1.807) is 12.1 Å². The van der Waals surface area contributed by atoms with E-state index in [9.17, 15) is 0 Å². The molecule has 0 atom stereocenters. The van der Waals surface area contributed by atoms with Crippen molar-refractivity contribution in [2.45, 2.75) is 46.4 Å². The Morgan fingerprint density at radius 2 is 1.50 bits per heavy atom. The molecule has 0 aliphatic rings. The standard InChI is InChI=1S/C39H33N3O2/c1-22(2)30-19-26(35-21-25-11-6-9-16-34(25)43-35)20-31(23(3)4)36(30)42-33-15-8-7-14-32(33)41-38(42)29-13-10-12-27-28-18-17-24(5)40-39(28)44-37(27)29/h6-23H,1-5H3/i5D3. The van der Waals surface area contributed by atoms with Gasteiger partial charge in [-0.25, -0.2) is 9.97 Å². The highest BCUT2D eigenvalue weighted by Crippen LogP contribution is 2.43. The van der Waals surface area contributed by atoms with E-state index in [0.717, 1.165) is 61.2 Å². The first-order valence-corrected chi connectivity index (χ1v) is 15.1. The van der Waals surface area contributed by atoms with Gasteiger partial charge >= 0.3 is 0 Å². The topological polar surface area (TPSA) is 57.0 Å². The Balaban J connectivity index is 1.42. The Kier molecular flexibility index (Phi) is 5.27. The lowest BCUT2D eigenvalue weighted by molar-refractivity contribution is 0.631. The summed E-state index contributed by atoms with van der Waals surface area (Å²) in [6.45, 7) is 6.55. The van der Waals surface area contributed by atoms with Crippen molar-refractivity contribution >= 4 is 44.1 Å². The fraction of sp³-hybridized carbons (Fsp3) is 0.179. The van der Waals surface area contributed by atoms with Gasteiger partial charge in [-0.05, 0) is 84.4 Å². The number of furan rings is 2. The van der Waals surface area contributed by atoms with E-state index < -0.39 is 6.85 Å². The number of hydrogen-bond donors (Lipinski definition) is 0. The molecule has 0 radical (unpaired) electrons. The van der Waals surface area contributed by atoms with Crippen LogP contribution < -0.4 is 0 Å². The molecule has 0 spiro atoms. The van der Waals surface area contributed by atoms with Crippen LogP contribution in [0.4, 0.5) is 0 Å². The van der Waals surface area contributed by atoms with Crippen LogP contribution in [0, 0.1) is 6.85 Å². The predicted octanol–water partition coefficient (Wildman–Crippen LogP) is 11.0. The zero-order valence-electron chi connectivity index (χ0n) is 28.1. The third kappa shape index (κ3) is 4.07. The van der Waals surface area contributed by atoms with Gasteiger partial charge in [-0.3, -0.25) is 4.57 Å². The zero-order chi connectivity index (χ0) is 32.6. The van der Waals surface area contributed by atoms with Crippen molar-refractivity contribution in [1.29, 1.82) is 0 Å². The number of para-hydroxylation sites is 4. The minimum absolute atomic E-state index is 0.00513. The van der Waals surface area contributed by atoms with Crippen LogP contribution in [0.2, 0.25) is 0 Å². The molecule has 4 aromatic carbocycles. The molecule has 4 heterocycles. The monoisotopic (exact) mass is 578 g/mol. The van der Waals surface area contributed by atoms with E-state index in [0.29, 0.717) is 11.3 Å². The number of hydrogen-bond acceptors (Lipinski definition) is 4. The molecular weight excluding hydrogens is 542 g/mol. The summed E-state index contributed by atoms with van der Waals surface area (Å²) in [6, 6.07) is 32.2. The summed E-state index contributed by atoms with van der Waals surface area (Å²) in [7, 11) is 0. The maximum absolute atomic E-state index is 7.86. The SMILES string of the molecule is [2H]C([2H])([2H])c1ccc2c(n1)oc1c(-c3nc4ccccc4n3-c3c(C(C)C)cc(-c4cc5ccccc5o4)cc3C(C)C)cccc12. The van der Waals surface area contributed by atoms with Gasteiger partial charge in [0.25, 0.3) is 0 Å². The van der Waals surface area contributed by atoms with Crippen LogP contribution in [0.5, 0.6) is 0 Å². The average Bonchev–Trinajstić information content (AvgIpc) is 3.76. The summed E-state index contributed by atoms with van der Waals surface area (Å²) in [5, 5.41) is 2.69. The molecule has 0 fully saturated rings. The molecular formula is C39H33N3O2. The summed E-state index contributed by atoms with van der Waals surface area (Å²) >= 11 is 0. The van der Waals surface area contributed by atoms with Crippen molar-refractivity contribution in [2.24, 2.45) is 0 Å². The number of imidazole rings is 1. The Labute approximate surface area is 260 Å². The van der Waals surface area contributed by atoms with E-state index >= 15 is 0 Å². The molecule has 216 valence electrons. The molecule has 4 aromatic heterocycles. The van der Waals surface area contributed by atoms with Gasteiger partial charge in [-0.2, -0.15) is 0 Å². The van der Waals surface area contributed by atoms with Crippen LogP contribution in [0.15, 0.2) is 106 Å². The number of nitrogens with zero attached hydrogens (tertiary/aromatic N) is 3. The van der Waals surface area contributed by atoms with Gasteiger partial charge < -0.3 is 8.83 Å². The summed E-state index contributed by atoms with van der Waals surface area (Å²) in [4.78, 5) is 9.63. The summed E-state index contributed by atoms with van der Waals surface area (Å²) in [5.74, 6) is 1.95. The summed E-state index contributed by atoms with van der Waals surface area (Å²) < 4.78 is 38.6. The Hall–Kier alpha value is -5.16. The van der Waals surface area contributed by atoms with E-state index in [-0.39, 0.29) is 17.5 Å². The molecule has 0 unspecified atom stereocenters. The van der Waals surface area contributed by atoms with Gasteiger partial charge in [0, 0.05) is 31.5 Å². The fourth-order valence-electron chi connectivity index (χ4n) is 6.37. The van der Waals surface area contributed by atoms with Crippen LogP contribution in [0.3, 0.4) is 0 Å². The highest BCUT2D eigenvalue weighted by atomic mass is 16.3. The first-order chi connectivity index (χ1) is 22.6. The lowest BCUT2D eigenvalue weighted by atomic mass is 9.89. The molecule has 0 aliphatic carbocycles. The molecule has 0 bridgehead atoms. The van der Waals surface area contributed by atoms with E-state index in [1.165, 1.54) is 11.1 Å². The third-order valence-electron chi connectivity index (χ3n) is 8.51. The van der Waals surface area contributed by atoms with E-state index in [1.807, 2.05) is 54.6 Å². The van der Waals surface area contributed by atoms with Crippen molar-refractivity contribution in [3.8, 4) is 28.4 Å². The number of aromatic nitrogens is 3. The first kappa shape index (κ1) is 23.3. The highest BCUT2D eigenvalue weighted by molar-refractivity contribution is 6.08. The molecule has 0 amide bonds. The molecule has 0 aliphatic heterocycles. The Bertz CT molecular complexity index is 2420. The van der Waals surface area contributed by atoms with Crippen LogP contribution in [-0.4, -0.2) is 14.5 Å². The Morgan fingerprint density at radius 3 is 2.27 bits per heavy atom. The van der Waals surface area contributed by atoms with Gasteiger partial charge in [-0.1, -0.05) is 70.2 Å².